The van der Waals surface area contributed by atoms with Crippen molar-refractivity contribution in [3.8, 4) is 0 Å². The molecule has 0 bridgehead atoms. The second-order valence-electron chi connectivity index (χ2n) is 4.75. The summed E-state index contributed by atoms with van der Waals surface area (Å²) in [5.74, 6) is 1.64. The molecule has 1 saturated carbocycles. The summed E-state index contributed by atoms with van der Waals surface area (Å²) in [6.45, 7) is 5.57. The van der Waals surface area contributed by atoms with Crippen LogP contribution >= 0.6 is 0 Å². The van der Waals surface area contributed by atoms with E-state index in [1.54, 1.807) is 0 Å². The summed E-state index contributed by atoms with van der Waals surface area (Å²) in [5, 5.41) is 11.4. The Balaban J connectivity index is 1.86. The van der Waals surface area contributed by atoms with Crippen LogP contribution in [-0.2, 0) is 13.6 Å². The quantitative estimate of drug-likeness (QED) is 0.815. The van der Waals surface area contributed by atoms with Crippen LogP contribution in [0.2, 0.25) is 0 Å². The monoisotopic (exact) mass is 208 g/mol. The summed E-state index contributed by atoms with van der Waals surface area (Å²) in [7, 11) is 1.94. The molecule has 0 aliphatic heterocycles. The molecule has 4 nitrogen and oxygen atoms in total. The standard InChI is InChI=1S/C11H20N4/c1-8-4-5-11(9(8)2)12-6-10-7-13-14-15(10)3/h7-9,11-12H,4-6H2,1-3H3. The van der Waals surface area contributed by atoms with Crippen molar-refractivity contribution in [2.45, 2.75) is 39.3 Å². The molecule has 2 rings (SSSR count). The van der Waals surface area contributed by atoms with Crippen molar-refractivity contribution in [3.05, 3.63) is 11.9 Å². The van der Waals surface area contributed by atoms with Gasteiger partial charge in [-0.3, -0.25) is 4.68 Å². The van der Waals surface area contributed by atoms with Gasteiger partial charge in [-0.25, -0.2) is 0 Å². The summed E-state index contributed by atoms with van der Waals surface area (Å²) >= 11 is 0. The van der Waals surface area contributed by atoms with Crippen molar-refractivity contribution >= 4 is 0 Å². The lowest BCUT2D eigenvalue weighted by atomic mass is 9.98. The zero-order valence-corrected chi connectivity index (χ0v) is 9.77. The van der Waals surface area contributed by atoms with E-state index in [1.165, 1.54) is 12.8 Å². The Hall–Kier alpha value is -0.900. The van der Waals surface area contributed by atoms with E-state index < -0.39 is 0 Å². The predicted octanol–water partition coefficient (Wildman–Crippen LogP) is 1.34. The Morgan fingerprint density at radius 2 is 2.27 bits per heavy atom. The number of hydrogen-bond acceptors (Lipinski definition) is 3. The SMILES string of the molecule is CC1CCC(NCc2cnnn2C)C1C. The molecular formula is C11H20N4. The third-order valence-corrected chi connectivity index (χ3v) is 3.82. The lowest BCUT2D eigenvalue weighted by Crippen LogP contribution is -2.32. The highest BCUT2D eigenvalue weighted by molar-refractivity contribution is 4.94. The van der Waals surface area contributed by atoms with E-state index in [1.807, 2.05) is 17.9 Å². The lowest BCUT2D eigenvalue weighted by Gasteiger charge is -2.19. The van der Waals surface area contributed by atoms with Gasteiger partial charge in [-0.15, -0.1) is 5.10 Å². The van der Waals surface area contributed by atoms with Crippen molar-refractivity contribution in [1.29, 1.82) is 0 Å². The molecule has 1 aromatic heterocycles. The topological polar surface area (TPSA) is 42.7 Å². The second kappa shape index (κ2) is 4.31. The molecule has 3 unspecified atom stereocenters. The van der Waals surface area contributed by atoms with Gasteiger partial charge in [0.05, 0.1) is 11.9 Å². The van der Waals surface area contributed by atoms with Gasteiger partial charge in [0.25, 0.3) is 0 Å². The van der Waals surface area contributed by atoms with E-state index in [4.69, 9.17) is 0 Å². The fraction of sp³-hybridized carbons (Fsp3) is 0.818. The van der Waals surface area contributed by atoms with Crippen LogP contribution in [0.5, 0.6) is 0 Å². The summed E-state index contributed by atoms with van der Waals surface area (Å²) in [6.07, 6.45) is 4.48. The molecule has 4 heteroatoms. The van der Waals surface area contributed by atoms with Crippen LogP contribution in [0, 0.1) is 11.8 Å². The number of rotatable bonds is 3. The highest BCUT2D eigenvalue weighted by atomic mass is 15.4. The third-order valence-electron chi connectivity index (χ3n) is 3.82. The highest BCUT2D eigenvalue weighted by Crippen LogP contribution is 2.31. The van der Waals surface area contributed by atoms with Crippen LogP contribution in [0.15, 0.2) is 6.20 Å². The minimum atomic E-state index is 0.662. The molecule has 0 radical (unpaired) electrons. The molecule has 0 saturated heterocycles. The van der Waals surface area contributed by atoms with Gasteiger partial charge < -0.3 is 5.32 Å². The minimum Gasteiger partial charge on any atom is -0.308 e. The number of nitrogens with one attached hydrogen (secondary N) is 1. The molecule has 1 fully saturated rings. The molecule has 0 aromatic carbocycles. The molecule has 1 heterocycles. The maximum atomic E-state index is 3.92. The first kappa shape index (κ1) is 10.6. The van der Waals surface area contributed by atoms with E-state index >= 15 is 0 Å². The van der Waals surface area contributed by atoms with Gasteiger partial charge in [0, 0.05) is 19.6 Å². The lowest BCUT2D eigenvalue weighted by molar-refractivity contribution is 0.366. The molecule has 1 aliphatic carbocycles. The van der Waals surface area contributed by atoms with Crippen molar-refractivity contribution in [2.24, 2.45) is 18.9 Å². The van der Waals surface area contributed by atoms with Gasteiger partial charge in [0.2, 0.25) is 0 Å². The Kier molecular flexibility index (Phi) is 3.05. The van der Waals surface area contributed by atoms with E-state index in [-0.39, 0.29) is 0 Å². The number of aryl methyl sites for hydroxylation is 1. The van der Waals surface area contributed by atoms with Crippen LogP contribution in [-0.4, -0.2) is 21.0 Å². The van der Waals surface area contributed by atoms with Crippen molar-refractivity contribution in [2.75, 3.05) is 0 Å². The summed E-state index contributed by atoms with van der Waals surface area (Å²) in [5.41, 5.74) is 1.15. The molecule has 0 amide bonds. The highest BCUT2D eigenvalue weighted by Gasteiger charge is 2.29. The van der Waals surface area contributed by atoms with Crippen molar-refractivity contribution in [1.82, 2.24) is 20.3 Å². The second-order valence-corrected chi connectivity index (χ2v) is 4.75. The number of nitrogens with zero attached hydrogens (tertiary/aromatic N) is 3. The largest absolute Gasteiger partial charge is 0.308 e. The van der Waals surface area contributed by atoms with Crippen LogP contribution in [0.4, 0.5) is 0 Å². The predicted molar refractivity (Wildman–Crippen MR) is 59.2 cm³/mol. The van der Waals surface area contributed by atoms with Crippen molar-refractivity contribution < 1.29 is 0 Å². The molecular weight excluding hydrogens is 188 g/mol. The molecule has 15 heavy (non-hydrogen) atoms. The first-order valence-electron chi connectivity index (χ1n) is 5.75. The van der Waals surface area contributed by atoms with Crippen LogP contribution in [0.3, 0.4) is 0 Å². The van der Waals surface area contributed by atoms with E-state index in [2.05, 4.69) is 29.5 Å². The average molecular weight is 208 g/mol. The Morgan fingerprint density at radius 3 is 2.80 bits per heavy atom. The van der Waals surface area contributed by atoms with Gasteiger partial charge in [-0.1, -0.05) is 19.1 Å². The number of hydrogen-bond donors (Lipinski definition) is 1. The molecule has 3 atom stereocenters. The smallest absolute Gasteiger partial charge is 0.0738 e. The van der Waals surface area contributed by atoms with E-state index in [0.717, 1.165) is 24.1 Å². The van der Waals surface area contributed by atoms with Crippen molar-refractivity contribution in [3.63, 3.8) is 0 Å². The Bertz CT molecular complexity index is 320. The summed E-state index contributed by atoms with van der Waals surface area (Å²) in [4.78, 5) is 0. The first-order valence-corrected chi connectivity index (χ1v) is 5.75. The maximum Gasteiger partial charge on any atom is 0.0738 e. The van der Waals surface area contributed by atoms with Gasteiger partial charge in [-0.2, -0.15) is 0 Å². The van der Waals surface area contributed by atoms with E-state index in [0.29, 0.717) is 6.04 Å². The normalized spacial score (nSPS) is 31.0. The maximum absolute atomic E-state index is 3.92. The fourth-order valence-electron chi connectivity index (χ4n) is 2.36. The molecule has 1 aromatic rings. The first-order chi connectivity index (χ1) is 7.18. The Morgan fingerprint density at radius 1 is 1.47 bits per heavy atom. The zero-order valence-electron chi connectivity index (χ0n) is 9.77. The van der Waals surface area contributed by atoms with Gasteiger partial charge in [-0.05, 0) is 24.7 Å². The minimum absolute atomic E-state index is 0.662. The molecule has 1 aliphatic rings. The van der Waals surface area contributed by atoms with E-state index in [9.17, 15) is 0 Å². The van der Waals surface area contributed by atoms with Gasteiger partial charge >= 0.3 is 0 Å². The van der Waals surface area contributed by atoms with Crippen LogP contribution < -0.4 is 5.32 Å². The average Bonchev–Trinajstić information content (AvgIpc) is 2.74. The van der Waals surface area contributed by atoms with Gasteiger partial charge in [0.1, 0.15) is 0 Å². The number of aromatic nitrogens is 3. The fourth-order valence-corrected chi connectivity index (χ4v) is 2.36. The summed E-state index contributed by atoms with van der Waals surface area (Å²) < 4.78 is 1.83. The summed E-state index contributed by atoms with van der Waals surface area (Å²) in [6, 6.07) is 0.662. The third kappa shape index (κ3) is 2.20. The van der Waals surface area contributed by atoms with Crippen LogP contribution in [0.25, 0.3) is 0 Å². The zero-order chi connectivity index (χ0) is 10.8. The Labute approximate surface area is 91.1 Å². The molecule has 1 N–H and O–H groups in total. The van der Waals surface area contributed by atoms with Gasteiger partial charge in [0.15, 0.2) is 0 Å². The molecule has 84 valence electrons. The molecule has 0 spiro atoms. The van der Waals surface area contributed by atoms with Crippen LogP contribution in [0.1, 0.15) is 32.4 Å².